The second kappa shape index (κ2) is 11.0. The second-order valence-electron chi connectivity index (χ2n) is 8.24. The standard InChI is InChI=1S/C25H30FN5O3/c1-2-34-25(33)31-15-13-30(14-16-31)22-17-19(26)6-9-21(22)23(32)10-5-18-3-7-20(8-4-18)29-24-27-11-12-28-24/h3-4,6-9,17H,2,5,10-16H2,1H3,(H2,27,28,29). The Labute approximate surface area is 198 Å². The highest BCUT2D eigenvalue weighted by atomic mass is 19.1. The van der Waals surface area contributed by atoms with Gasteiger partial charge in [0.1, 0.15) is 5.82 Å². The van der Waals surface area contributed by atoms with E-state index in [1.54, 1.807) is 17.9 Å². The van der Waals surface area contributed by atoms with Crippen molar-refractivity contribution in [2.75, 3.05) is 56.1 Å². The van der Waals surface area contributed by atoms with E-state index in [0.717, 1.165) is 30.3 Å². The van der Waals surface area contributed by atoms with Crippen LogP contribution in [0.5, 0.6) is 0 Å². The first-order valence-electron chi connectivity index (χ1n) is 11.7. The number of halogens is 1. The average Bonchev–Trinajstić information content (AvgIpc) is 3.37. The van der Waals surface area contributed by atoms with E-state index in [2.05, 4.69) is 15.6 Å². The lowest BCUT2D eigenvalue weighted by Gasteiger charge is -2.36. The van der Waals surface area contributed by atoms with Gasteiger partial charge in [0.15, 0.2) is 11.7 Å². The van der Waals surface area contributed by atoms with Crippen LogP contribution >= 0.6 is 0 Å². The van der Waals surface area contributed by atoms with Crippen LogP contribution in [-0.4, -0.2) is 68.6 Å². The van der Waals surface area contributed by atoms with Crippen LogP contribution in [0.3, 0.4) is 0 Å². The first-order valence-corrected chi connectivity index (χ1v) is 11.7. The van der Waals surface area contributed by atoms with Crippen LogP contribution in [0.2, 0.25) is 0 Å². The lowest BCUT2D eigenvalue weighted by Crippen LogP contribution is -2.49. The molecule has 0 bridgehead atoms. The molecule has 1 amide bonds. The van der Waals surface area contributed by atoms with Gasteiger partial charge in [-0.25, -0.2) is 9.18 Å². The molecule has 0 unspecified atom stereocenters. The predicted molar refractivity (Wildman–Crippen MR) is 130 cm³/mol. The Morgan fingerprint density at radius 1 is 1.12 bits per heavy atom. The van der Waals surface area contributed by atoms with Crippen molar-refractivity contribution >= 4 is 29.2 Å². The number of carbonyl (C=O) groups is 2. The van der Waals surface area contributed by atoms with Gasteiger partial charge in [0.25, 0.3) is 0 Å². The van der Waals surface area contributed by atoms with E-state index in [0.29, 0.717) is 56.9 Å². The third-order valence-corrected chi connectivity index (χ3v) is 5.94. The number of hydrogen-bond donors (Lipinski definition) is 2. The Balaban J connectivity index is 1.36. The number of hydrogen-bond acceptors (Lipinski definition) is 7. The quantitative estimate of drug-likeness (QED) is 0.608. The first-order chi connectivity index (χ1) is 16.5. The van der Waals surface area contributed by atoms with Crippen molar-refractivity contribution in [2.24, 2.45) is 4.99 Å². The molecule has 2 heterocycles. The molecule has 34 heavy (non-hydrogen) atoms. The Morgan fingerprint density at radius 3 is 2.56 bits per heavy atom. The van der Waals surface area contributed by atoms with Gasteiger partial charge in [-0.3, -0.25) is 9.79 Å². The van der Waals surface area contributed by atoms with Crippen LogP contribution in [0.4, 0.5) is 20.6 Å². The number of amides is 1. The molecule has 9 heteroatoms. The molecule has 180 valence electrons. The van der Waals surface area contributed by atoms with E-state index >= 15 is 0 Å². The number of rotatable bonds is 7. The summed E-state index contributed by atoms with van der Waals surface area (Å²) in [4.78, 5) is 32.9. The zero-order chi connectivity index (χ0) is 23.9. The molecule has 0 aromatic heterocycles. The van der Waals surface area contributed by atoms with Crippen LogP contribution in [0.25, 0.3) is 0 Å². The van der Waals surface area contributed by atoms with Crippen LogP contribution in [0, 0.1) is 5.82 Å². The monoisotopic (exact) mass is 467 g/mol. The Kier molecular flexibility index (Phi) is 7.61. The maximum Gasteiger partial charge on any atom is 0.409 e. The Morgan fingerprint density at radius 2 is 1.88 bits per heavy atom. The highest BCUT2D eigenvalue weighted by molar-refractivity contribution is 6.01. The fourth-order valence-corrected chi connectivity index (χ4v) is 4.11. The van der Waals surface area contributed by atoms with Gasteiger partial charge in [0.2, 0.25) is 0 Å². The van der Waals surface area contributed by atoms with Crippen molar-refractivity contribution in [2.45, 2.75) is 19.8 Å². The van der Waals surface area contributed by atoms with Gasteiger partial charge < -0.3 is 25.2 Å². The number of aliphatic imine (C=N–C) groups is 1. The first kappa shape index (κ1) is 23.5. The van der Waals surface area contributed by atoms with Crippen molar-refractivity contribution in [3.05, 3.63) is 59.4 Å². The summed E-state index contributed by atoms with van der Waals surface area (Å²) in [5.41, 5.74) is 3.07. The lowest BCUT2D eigenvalue weighted by atomic mass is 10.00. The number of benzene rings is 2. The summed E-state index contributed by atoms with van der Waals surface area (Å²) < 4.78 is 19.1. The molecule has 2 aromatic carbocycles. The SMILES string of the molecule is CCOC(=O)N1CCN(c2cc(F)ccc2C(=O)CCc2ccc(NC3=NCCN3)cc2)CC1. The molecule has 0 aliphatic carbocycles. The van der Waals surface area contributed by atoms with Gasteiger partial charge in [0, 0.05) is 50.4 Å². The number of nitrogens with one attached hydrogen (secondary N) is 2. The van der Waals surface area contributed by atoms with Gasteiger partial charge in [-0.15, -0.1) is 0 Å². The third-order valence-electron chi connectivity index (χ3n) is 5.94. The summed E-state index contributed by atoms with van der Waals surface area (Å²) in [5, 5.41) is 6.39. The van der Waals surface area contributed by atoms with E-state index in [4.69, 9.17) is 4.74 Å². The summed E-state index contributed by atoms with van der Waals surface area (Å²) >= 11 is 0. The van der Waals surface area contributed by atoms with Gasteiger partial charge >= 0.3 is 6.09 Å². The summed E-state index contributed by atoms with van der Waals surface area (Å²) in [6.45, 7) is 5.66. The van der Waals surface area contributed by atoms with E-state index in [1.807, 2.05) is 29.2 Å². The zero-order valence-corrected chi connectivity index (χ0v) is 19.3. The number of ether oxygens (including phenoxy) is 1. The predicted octanol–water partition coefficient (Wildman–Crippen LogP) is 3.29. The minimum absolute atomic E-state index is 0.0328. The summed E-state index contributed by atoms with van der Waals surface area (Å²) in [7, 11) is 0. The maximum absolute atomic E-state index is 14.1. The number of carbonyl (C=O) groups excluding carboxylic acids is 2. The highest BCUT2D eigenvalue weighted by Gasteiger charge is 2.25. The highest BCUT2D eigenvalue weighted by Crippen LogP contribution is 2.25. The number of Topliss-reactive ketones (excluding diaryl/α,β-unsaturated/α-hetero) is 1. The summed E-state index contributed by atoms with van der Waals surface area (Å²) in [6, 6.07) is 12.2. The second-order valence-corrected chi connectivity index (χ2v) is 8.24. The number of anilines is 2. The van der Waals surface area contributed by atoms with Crippen LogP contribution < -0.4 is 15.5 Å². The van der Waals surface area contributed by atoms with Gasteiger partial charge in [-0.05, 0) is 49.2 Å². The largest absolute Gasteiger partial charge is 0.450 e. The number of ketones is 1. The molecule has 0 atom stereocenters. The van der Waals surface area contributed by atoms with Gasteiger partial charge in [-0.1, -0.05) is 12.1 Å². The lowest BCUT2D eigenvalue weighted by molar-refractivity contribution is 0.0979. The summed E-state index contributed by atoms with van der Waals surface area (Å²) in [5.74, 6) is 0.355. The van der Waals surface area contributed by atoms with E-state index in [9.17, 15) is 14.0 Å². The van der Waals surface area contributed by atoms with E-state index in [1.165, 1.54) is 12.1 Å². The zero-order valence-electron chi connectivity index (χ0n) is 19.3. The fraction of sp³-hybridized carbons (Fsp3) is 0.400. The molecule has 1 fully saturated rings. The minimum atomic E-state index is -0.385. The minimum Gasteiger partial charge on any atom is -0.450 e. The fourth-order valence-electron chi connectivity index (χ4n) is 4.11. The number of aryl methyl sites for hydroxylation is 1. The molecule has 2 aromatic rings. The topological polar surface area (TPSA) is 86.3 Å². The number of nitrogens with zero attached hydrogens (tertiary/aromatic N) is 3. The van der Waals surface area contributed by atoms with E-state index in [-0.39, 0.29) is 17.7 Å². The molecule has 2 N–H and O–H groups in total. The van der Waals surface area contributed by atoms with Gasteiger partial charge in [0.05, 0.1) is 18.8 Å². The van der Waals surface area contributed by atoms with Crippen LogP contribution in [-0.2, 0) is 11.2 Å². The normalized spacial score (nSPS) is 15.5. The number of guanidine groups is 1. The molecule has 4 rings (SSSR count). The van der Waals surface area contributed by atoms with Crippen molar-refractivity contribution in [1.29, 1.82) is 0 Å². The maximum atomic E-state index is 14.1. The molecule has 2 aliphatic rings. The molecular formula is C25H30FN5O3. The molecule has 1 saturated heterocycles. The summed E-state index contributed by atoms with van der Waals surface area (Å²) in [6.07, 6.45) is 0.570. The van der Waals surface area contributed by atoms with Crippen LogP contribution in [0.1, 0.15) is 29.3 Å². The third kappa shape index (κ3) is 5.84. The van der Waals surface area contributed by atoms with Crippen LogP contribution in [0.15, 0.2) is 47.5 Å². The van der Waals surface area contributed by atoms with E-state index < -0.39 is 0 Å². The molecule has 2 aliphatic heterocycles. The molecule has 0 radical (unpaired) electrons. The Bertz CT molecular complexity index is 1050. The Hall–Kier alpha value is -3.62. The van der Waals surface area contributed by atoms with Crippen molar-refractivity contribution in [3.63, 3.8) is 0 Å². The number of piperazine rings is 1. The molecule has 8 nitrogen and oxygen atoms in total. The molecule has 0 spiro atoms. The smallest absolute Gasteiger partial charge is 0.409 e. The van der Waals surface area contributed by atoms with Gasteiger partial charge in [-0.2, -0.15) is 0 Å². The van der Waals surface area contributed by atoms with Crippen molar-refractivity contribution in [3.8, 4) is 0 Å². The molecular weight excluding hydrogens is 437 g/mol. The average molecular weight is 468 g/mol. The van der Waals surface area contributed by atoms with Crippen molar-refractivity contribution < 1.29 is 18.7 Å². The molecule has 0 saturated carbocycles. The van der Waals surface area contributed by atoms with Crippen molar-refractivity contribution in [1.82, 2.24) is 10.2 Å².